The van der Waals surface area contributed by atoms with E-state index in [4.69, 9.17) is 11.6 Å². The number of Topliss-reactive ketones (excluding diaryl/α,β-unsaturated/α-hetero) is 1. The summed E-state index contributed by atoms with van der Waals surface area (Å²) in [5, 5.41) is 4.29. The number of amides is 3. The number of hydrogen-bond acceptors (Lipinski definition) is 4. The molecule has 0 bridgehead atoms. The summed E-state index contributed by atoms with van der Waals surface area (Å²) in [6.07, 6.45) is 6.36. The van der Waals surface area contributed by atoms with E-state index < -0.39 is 12.1 Å². The van der Waals surface area contributed by atoms with Gasteiger partial charge in [0.2, 0.25) is 0 Å². The van der Waals surface area contributed by atoms with Crippen molar-refractivity contribution in [2.24, 2.45) is 0 Å². The molecular weight excluding hydrogens is 538 g/mol. The zero-order valence-electron chi connectivity index (χ0n) is 22.3. The monoisotopic (exact) mass is 563 g/mol. The SMILES string of the molecule is Cc1ccc(C(=O)CCCN2C(=O)NC(Cc3c[nH]c4c(Cl)cccc34)C2=O)cc1C#Cc1cnc2ccccn12. The molecule has 5 aromatic rings. The number of carbonyl (C=O) groups is 3. The maximum absolute atomic E-state index is 13.0. The predicted molar refractivity (Wildman–Crippen MR) is 157 cm³/mol. The van der Waals surface area contributed by atoms with Crippen LogP contribution in [0.15, 0.2) is 73.2 Å². The van der Waals surface area contributed by atoms with Crippen LogP contribution in [0.2, 0.25) is 5.02 Å². The third kappa shape index (κ3) is 5.20. The number of aromatic amines is 1. The Labute approximate surface area is 241 Å². The van der Waals surface area contributed by atoms with E-state index >= 15 is 0 Å². The average Bonchev–Trinajstić information content (AvgIpc) is 3.65. The lowest BCUT2D eigenvalue weighted by atomic mass is 10.0. The summed E-state index contributed by atoms with van der Waals surface area (Å²) in [5.41, 5.74) is 5.55. The highest BCUT2D eigenvalue weighted by Crippen LogP contribution is 2.27. The molecule has 0 aliphatic carbocycles. The highest BCUT2D eigenvalue weighted by atomic mass is 35.5. The molecule has 204 valence electrons. The minimum absolute atomic E-state index is 0.0675. The highest BCUT2D eigenvalue weighted by molar-refractivity contribution is 6.35. The summed E-state index contributed by atoms with van der Waals surface area (Å²) in [5.74, 6) is 5.97. The van der Waals surface area contributed by atoms with Crippen LogP contribution in [-0.2, 0) is 11.2 Å². The topological polar surface area (TPSA) is 99.6 Å². The van der Waals surface area contributed by atoms with Gasteiger partial charge in [-0.3, -0.25) is 18.9 Å². The number of fused-ring (bicyclic) bond motifs is 2. The Kier molecular flexibility index (Phi) is 7.04. The van der Waals surface area contributed by atoms with E-state index in [1.807, 2.05) is 60.1 Å². The number of urea groups is 1. The van der Waals surface area contributed by atoms with Crippen molar-refractivity contribution in [3.63, 3.8) is 0 Å². The maximum atomic E-state index is 13.0. The van der Waals surface area contributed by atoms with Crippen LogP contribution in [-0.4, -0.2) is 49.6 Å². The van der Waals surface area contributed by atoms with Gasteiger partial charge < -0.3 is 10.3 Å². The van der Waals surface area contributed by atoms with E-state index in [0.29, 0.717) is 23.4 Å². The van der Waals surface area contributed by atoms with E-state index in [9.17, 15) is 14.4 Å². The molecule has 1 aliphatic rings. The fourth-order valence-corrected chi connectivity index (χ4v) is 5.35. The summed E-state index contributed by atoms with van der Waals surface area (Å²) < 4.78 is 1.91. The number of ketones is 1. The smallest absolute Gasteiger partial charge is 0.324 e. The minimum atomic E-state index is -0.665. The molecule has 4 heterocycles. The van der Waals surface area contributed by atoms with Gasteiger partial charge in [0.05, 0.1) is 16.7 Å². The number of nitrogens with zero attached hydrogens (tertiary/aromatic N) is 3. The van der Waals surface area contributed by atoms with Gasteiger partial charge in [-0.05, 0) is 54.7 Å². The second-order valence-corrected chi connectivity index (χ2v) is 10.5. The van der Waals surface area contributed by atoms with Crippen LogP contribution in [0.25, 0.3) is 16.6 Å². The molecule has 9 heteroatoms. The first kappa shape index (κ1) is 26.4. The Morgan fingerprint density at radius 3 is 2.85 bits per heavy atom. The lowest BCUT2D eigenvalue weighted by Crippen LogP contribution is -2.33. The number of para-hydroxylation sites is 1. The van der Waals surface area contributed by atoms with Crippen molar-refractivity contribution < 1.29 is 14.4 Å². The number of imidazole rings is 1. The second kappa shape index (κ2) is 11.0. The summed E-state index contributed by atoms with van der Waals surface area (Å²) in [6, 6.07) is 15.7. The van der Waals surface area contributed by atoms with Crippen molar-refractivity contribution >= 4 is 45.9 Å². The van der Waals surface area contributed by atoms with Crippen LogP contribution >= 0.6 is 11.6 Å². The summed E-state index contributed by atoms with van der Waals surface area (Å²) >= 11 is 6.25. The quantitative estimate of drug-likeness (QED) is 0.159. The van der Waals surface area contributed by atoms with Gasteiger partial charge >= 0.3 is 6.03 Å². The van der Waals surface area contributed by atoms with Crippen LogP contribution in [0.5, 0.6) is 0 Å². The Morgan fingerprint density at radius 2 is 1.98 bits per heavy atom. The van der Waals surface area contributed by atoms with Gasteiger partial charge in [0.15, 0.2) is 5.78 Å². The molecule has 3 amide bonds. The number of halogens is 1. The Hall–Kier alpha value is -4.87. The Balaban J connectivity index is 1.08. The number of rotatable bonds is 7. The van der Waals surface area contributed by atoms with E-state index in [0.717, 1.165) is 38.9 Å². The number of nitrogens with one attached hydrogen (secondary N) is 2. The van der Waals surface area contributed by atoms with Crippen LogP contribution in [0.3, 0.4) is 0 Å². The van der Waals surface area contributed by atoms with Crippen molar-refractivity contribution in [1.29, 1.82) is 0 Å². The van der Waals surface area contributed by atoms with Crippen LogP contribution in [0.1, 0.15) is 45.6 Å². The molecule has 6 rings (SSSR count). The molecule has 0 saturated carbocycles. The van der Waals surface area contributed by atoms with E-state index in [1.54, 1.807) is 24.4 Å². The summed E-state index contributed by atoms with van der Waals surface area (Å²) in [7, 11) is 0. The lowest BCUT2D eigenvalue weighted by molar-refractivity contribution is -0.127. The standard InChI is InChI=1S/C32H26ClN5O3/c1-20-10-11-22(16-21(20)12-13-24-19-34-29-9-2-3-14-37(24)29)28(39)8-5-15-38-31(40)27(36-32(38)41)17-23-18-35-30-25(23)6-4-7-26(30)33/h2-4,6-7,9-11,14,16,18-19,27,35H,5,8,15,17H2,1H3,(H,36,41). The fourth-order valence-electron chi connectivity index (χ4n) is 5.12. The van der Waals surface area contributed by atoms with E-state index in [-0.39, 0.29) is 24.7 Å². The Bertz CT molecular complexity index is 1890. The zero-order valence-corrected chi connectivity index (χ0v) is 23.0. The number of hydrogen-bond donors (Lipinski definition) is 2. The fraction of sp³-hybridized carbons (Fsp3) is 0.188. The molecule has 0 radical (unpaired) electrons. The molecule has 41 heavy (non-hydrogen) atoms. The van der Waals surface area contributed by atoms with Gasteiger partial charge in [-0.15, -0.1) is 0 Å². The average molecular weight is 564 g/mol. The predicted octanol–water partition coefficient (Wildman–Crippen LogP) is 5.30. The Morgan fingerprint density at radius 1 is 1.10 bits per heavy atom. The van der Waals surface area contributed by atoms with E-state index in [2.05, 4.69) is 27.1 Å². The molecular formula is C32H26ClN5O3. The molecule has 0 spiro atoms. The van der Waals surface area contributed by atoms with Gasteiger partial charge in [-0.25, -0.2) is 9.78 Å². The third-order valence-electron chi connectivity index (χ3n) is 7.37. The van der Waals surface area contributed by atoms with Crippen molar-refractivity contribution in [3.8, 4) is 11.8 Å². The summed E-state index contributed by atoms with van der Waals surface area (Å²) in [4.78, 5) is 47.3. The summed E-state index contributed by atoms with van der Waals surface area (Å²) in [6.45, 7) is 2.12. The first-order valence-electron chi connectivity index (χ1n) is 13.3. The molecule has 1 unspecified atom stereocenters. The third-order valence-corrected chi connectivity index (χ3v) is 7.68. The maximum Gasteiger partial charge on any atom is 0.324 e. The molecule has 8 nitrogen and oxygen atoms in total. The number of H-pyrrole nitrogens is 1. The molecule has 2 aromatic carbocycles. The normalized spacial score (nSPS) is 14.9. The van der Waals surface area contributed by atoms with Gasteiger partial charge in [0.1, 0.15) is 17.4 Å². The molecule has 1 aliphatic heterocycles. The van der Waals surface area contributed by atoms with Gasteiger partial charge in [0, 0.05) is 48.3 Å². The molecule has 1 saturated heterocycles. The van der Waals surface area contributed by atoms with E-state index in [1.165, 1.54) is 4.90 Å². The van der Waals surface area contributed by atoms with Crippen molar-refractivity contribution in [1.82, 2.24) is 24.6 Å². The molecule has 3 aromatic heterocycles. The number of benzene rings is 2. The van der Waals surface area contributed by atoms with Crippen LogP contribution in [0.4, 0.5) is 4.79 Å². The van der Waals surface area contributed by atoms with Gasteiger partial charge in [-0.1, -0.05) is 47.9 Å². The van der Waals surface area contributed by atoms with Crippen molar-refractivity contribution in [3.05, 3.63) is 106 Å². The number of imide groups is 1. The lowest BCUT2D eigenvalue weighted by Gasteiger charge is -2.13. The number of aromatic nitrogens is 3. The first-order chi connectivity index (χ1) is 19.9. The van der Waals surface area contributed by atoms with Crippen molar-refractivity contribution in [2.75, 3.05) is 6.54 Å². The molecule has 2 N–H and O–H groups in total. The number of aryl methyl sites for hydroxylation is 1. The molecule has 1 fully saturated rings. The van der Waals surface area contributed by atoms with Crippen LogP contribution in [0, 0.1) is 18.8 Å². The van der Waals surface area contributed by atoms with Gasteiger partial charge in [0.25, 0.3) is 5.91 Å². The molecule has 1 atom stereocenters. The van der Waals surface area contributed by atoms with Gasteiger partial charge in [-0.2, -0.15) is 0 Å². The highest BCUT2D eigenvalue weighted by Gasteiger charge is 2.37. The first-order valence-corrected chi connectivity index (χ1v) is 13.7. The van der Waals surface area contributed by atoms with Crippen molar-refractivity contribution in [2.45, 2.75) is 32.2 Å². The number of carbonyl (C=O) groups excluding carboxylic acids is 3. The zero-order chi connectivity index (χ0) is 28.5. The number of pyridine rings is 1. The second-order valence-electron chi connectivity index (χ2n) is 10.1. The minimum Gasteiger partial charge on any atom is -0.360 e. The largest absolute Gasteiger partial charge is 0.360 e. The van der Waals surface area contributed by atoms with Crippen LogP contribution < -0.4 is 5.32 Å².